The number of amides is 1. The Morgan fingerprint density at radius 3 is 2.38 bits per heavy atom. The van der Waals surface area contributed by atoms with Gasteiger partial charge in [-0.3, -0.25) is 4.79 Å². The van der Waals surface area contributed by atoms with Crippen LogP contribution in [0, 0.1) is 0 Å². The maximum absolute atomic E-state index is 11.7. The van der Waals surface area contributed by atoms with Gasteiger partial charge in [0.2, 0.25) is 5.91 Å². The molecule has 24 heavy (non-hydrogen) atoms. The highest BCUT2D eigenvalue weighted by Gasteiger charge is 2.04. The number of guanidine groups is 1. The number of likely N-dealkylation sites (N-methyl/N-ethyl adjacent to an activating group) is 1. The summed E-state index contributed by atoms with van der Waals surface area (Å²) in [5.41, 5.74) is 1.29. The summed E-state index contributed by atoms with van der Waals surface area (Å²) in [6, 6.07) is 10.3. The van der Waals surface area contributed by atoms with Gasteiger partial charge < -0.3 is 15.5 Å². The van der Waals surface area contributed by atoms with Gasteiger partial charge >= 0.3 is 0 Å². The molecule has 5 nitrogen and oxygen atoms in total. The minimum absolute atomic E-state index is 0. The van der Waals surface area contributed by atoms with Crippen LogP contribution in [0.5, 0.6) is 0 Å². The number of unbranched alkanes of at least 4 members (excludes halogenated alkanes) is 2. The van der Waals surface area contributed by atoms with Gasteiger partial charge in [0.25, 0.3) is 0 Å². The van der Waals surface area contributed by atoms with E-state index in [1.165, 1.54) is 18.4 Å². The first-order valence-corrected chi connectivity index (χ1v) is 8.39. The van der Waals surface area contributed by atoms with Crippen molar-refractivity contribution in [3.05, 3.63) is 35.9 Å². The number of rotatable bonds is 9. The van der Waals surface area contributed by atoms with E-state index in [0.29, 0.717) is 5.96 Å². The standard InChI is InChI=1S/C18H30N4O.HI/c1-4-5-9-13-19-18(21-15-17(23)22(2)3)20-14-12-16-10-7-6-8-11-16;/h6-8,10-11H,4-5,9,12-15H2,1-3H3,(H2,19,20,21);1H. The quantitative estimate of drug-likeness (QED) is 0.266. The van der Waals surface area contributed by atoms with Gasteiger partial charge in [-0.25, -0.2) is 4.99 Å². The van der Waals surface area contributed by atoms with Crippen LogP contribution in [0.3, 0.4) is 0 Å². The van der Waals surface area contributed by atoms with Crippen molar-refractivity contribution < 1.29 is 4.79 Å². The number of aliphatic imine (C=N–C) groups is 1. The molecule has 0 saturated heterocycles. The van der Waals surface area contributed by atoms with Crippen molar-refractivity contribution in [1.29, 1.82) is 0 Å². The van der Waals surface area contributed by atoms with Gasteiger partial charge in [0.1, 0.15) is 6.54 Å². The number of nitrogens with zero attached hydrogens (tertiary/aromatic N) is 2. The molecule has 0 aliphatic carbocycles. The van der Waals surface area contributed by atoms with Crippen molar-refractivity contribution in [1.82, 2.24) is 15.5 Å². The molecule has 2 N–H and O–H groups in total. The van der Waals surface area contributed by atoms with E-state index in [1.54, 1.807) is 19.0 Å². The summed E-state index contributed by atoms with van der Waals surface area (Å²) in [5, 5.41) is 6.61. The zero-order valence-electron chi connectivity index (χ0n) is 15.0. The minimum Gasteiger partial charge on any atom is -0.356 e. The summed E-state index contributed by atoms with van der Waals surface area (Å²) in [7, 11) is 3.49. The number of hydrogen-bond acceptors (Lipinski definition) is 2. The number of hydrogen-bond donors (Lipinski definition) is 2. The van der Waals surface area contributed by atoms with E-state index in [2.05, 4.69) is 34.7 Å². The molecule has 0 heterocycles. The molecule has 0 aromatic heterocycles. The molecule has 136 valence electrons. The lowest BCUT2D eigenvalue weighted by Crippen LogP contribution is -2.40. The van der Waals surface area contributed by atoms with Gasteiger partial charge in [-0.1, -0.05) is 50.1 Å². The first-order valence-electron chi connectivity index (χ1n) is 8.39. The average molecular weight is 446 g/mol. The van der Waals surface area contributed by atoms with Crippen LogP contribution >= 0.6 is 24.0 Å². The Balaban J connectivity index is 0.00000529. The van der Waals surface area contributed by atoms with Crippen LogP contribution in [0.1, 0.15) is 31.7 Å². The third-order valence-electron chi connectivity index (χ3n) is 3.49. The van der Waals surface area contributed by atoms with E-state index < -0.39 is 0 Å². The highest BCUT2D eigenvalue weighted by atomic mass is 127. The van der Waals surface area contributed by atoms with Crippen LogP contribution in [0.2, 0.25) is 0 Å². The van der Waals surface area contributed by atoms with E-state index in [9.17, 15) is 4.79 Å². The Kier molecular flexibility index (Phi) is 13.3. The minimum atomic E-state index is 0. The van der Waals surface area contributed by atoms with Crippen molar-refractivity contribution in [3.8, 4) is 0 Å². The lowest BCUT2D eigenvalue weighted by atomic mass is 10.1. The topological polar surface area (TPSA) is 56.7 Å². The second-order valence-corrected chi connectivity index (χ2v) is 5.75. The van der Waals surface area contributed by atoms with Crippen LogP contribution < -0.4 is 10.6 Å². The fraction of sp³-hybridized carbons (Fsp3) is 0.556. The Morgan fingerprint density at radius 1 is 1.08 bits per heavy atom. The molecule has 0 fully saturated rings. The van der Waals surface area contributed by atoms with Gasteiger partial charge in [-0.05, 0) is 18.4 Å². The Labute approximate surface area is 163 Å². The zero-order chi connectivity index (χ0) is 16.9. The summed E-state index contributed by atoms with van der Waals surface area (Å²) in [6.45, 7) is 4.02. The van der Waals surface area contributed by atoms with Crippen molar-refractivity contribution in [2.45, 2.75) is 32.6 Å². The Bertz CT molecular complexity index is 477. The average Bonchev–Trinajstić information content (AvgIpc) is 2.56. The molecule has 0 radical (unpaired) electrons. The summed E-state index contributed by atoms with van der Waals surface area (Å²) in [4.78, 5) is 17.6. The molecule has 0 unspecified atom stereocenters. The normalized spacial score (nSPS) is 10.7. The molecule has 0 bridgehead atoms. The molecule has 0 atom stereocenters. The first kappa shape index (κ1) is 22.7. The summed E-state index contributed by atoms with van der Waals surface area (Å²) >= 11 is 0. The maximum atomic E-state index is 11.7. The van der Waals surface area contributed by atoms with Gasteiger partial charge in [0, 0.05) is 27.2 Å². The SMILES string of the molecule is CCCCCNC(=NCC(=O)N(C)C)NCCc1ccccc1.I. The van der Waals surface area contributed by atoms with E-state index in [1.807, 2.05) is 18.2 Å². The van der Waals surface area contributed by atoms with Crippen molar-refractivity contribution in [2.75, 3.05) is 33.7 Å². The Hall–Kier alpha value is -1.31. The fourth-order valence-electron chi connectivity index (χ4n) is 2.01. The van der Waals surface area contributed by atoms with Gasteiger partial charge in [-0.2, -0.15) is 0 Å². The lowest BCUT2D eigenvalue weighted by molar-refractivity contribution is -0.127. The van der Waals surface area contributed by atoms with Crippen molar-refractivity contribution in [2.24, 2.45) is 4.99 Å². The molecule has 0 aliphatic heterocycles. The van der Waals surface area contributed by atoms with E-state index in [0.717, 1.165) is 25.9 Å². The zero-order valence-corrected chi connectivity index (χ0v) is 17.4. The molecule has 6 heteroatoms. The molecule has 1 rings (SSSR count). The summed E-state index contributed by atoms with van der Waals surface area (Å²) in [6.07, 6.45) is 4.42. The molecule has 1 aromatic rings. The van der Waals surface area contributed by atoms with Gasteiger partial charge in [0.15, 0.2) is 5.96 Å². The highest BCUT2D eigenvalue weighted by molar-refractivity contribution is 14.0. The number of halogens is 1. The summed E-state index contributed by atoms with van der Waals surface area (Å²) < 4.78 is 0. The number of nitrogens with one attached hydrogen (secondary N) is 2. The fourth-order valence-corrected chi connectivity index (χ4v) is 2.01. The van der Waals surface area contributed by atoms with Crippen LogP contribution in [-0.4, -0.2) is 50.5 Å². The molecular formula is C18H31IN4O. The third-order valence-corrected chi connectivity index (χ3v) is 3.49. The highest BCUT2D eigenvalue weighted by Crippen LogP contribution is 1.98. The van der Waals surface area contributed by atoms with Gasteiger partial charge in [-0.15, -0.1) is 24.0 Å². The van der Waals surface area contributed by atoms with E-state index in [4.69, 9.17) is 0 Å². The number of benzene rings is 1. The molecule has 0 spiro atoms. The predicted octanol–water partition coefficient (Wildman–Crippen LogP) is 2.66. The van der Waals surface area contributed by atoms with Crippen LogP contribution in [0.25, 0.3) is 0 Å². The van der Waals surface area contributed by atoms with Crippen molar-refractivity contribution in [3.63, 3.8) is 0 Å². The smallest absolute Gasteiger partial charge is 0.243 e. The number of carbonyl (C=O) groups is 1. The maximum Gasteiger partial charge on any atom is 0.243 e. The monoisotopic (exact) mass is 446 g/mol. The predicted molar refractivity (Wildman–Crippen MR) is 112 cm³/mol. The Morgan fingerprint density at radius 2 is 1.75 bits per heavy atom. The molecule has 0 saturated carbocycles. The number of carbonyl (C=O) groups excluding carboxylic acids is 1. The van der Waals surface area contributed by atoms with E-state index >= 15 is 0 Å². The van der Waals surface area contributed by atoms with Crippen LogP contribution in [0.15, 0.2) is 35.3 Å². The lowest BCUT2D eigenvalue weighted by Gasteiger charge is -2.13. The molecule has 0 aliphatic rings. The van der Waals surface area contributed by atoms with Crippen LogP contribution in [0.4, 0.5) is 0 Å². The molecular weight excluding hydrogens is 415 g/mol. The second-order valence-electron chi connectivity index (χ2n) is 5.75. The van der Waals surface area contributed by atoms with E-state index in [-0.39, 0.29) is 36.4 Å². The molecule has 1 amide bonds. The second kappa shape index (κ2) is 14.1. The van der Waals surface area contributed by atoms with Crippen LogP contribution in [-0.2, 0) is 11.2 Å². The third kappa shape index (κ3) is 10.5. The summed E-state index contributed by atoms with van der Waals surface area (Å²) in [5.74, 6) is 0.718. The largest absolute Gasteiger partial charge is 0.356 e. The first-order chi connectivity index (χ1) is 11.1. The van der Waals surface area contributed by atoms with Gasteiger partial charge in [0.05, 0.1) is 0 Å². The molecule has 1 aromatic carbocycles. The van der Waals surface area contributed by atoms with Crippen molar-refractivity contribution >= 4 is 35.8 Å².